The molecule has 6 N–H and O–H groups in total. The van der Waals surface area contributed by atoms with Crippen LogP contribution < -0.4 is 11.1 Å². The molecule has 1 aliphatic rings. The number of ether oxygens (including phenoxy) is 6. The molecule has 0 aromatic heterocycles. The summed E-state index contributed by atoms with van der Waals surface area (Å²) in [7, 11) is 6.19. The fourth-order valence-electron chi connectivity index (χ4n) is 5.59. The predicted molar refractivity (Wildman–Crippen MR) is 173 cm³/mol. The second-order valence-corrected chi connectivity index (χ2v) is 11.7. The van der Waals surface area contributed by atoms with Crippen LogP contribution in [-0.2, 0) is 47.6 Å². The monoisotopic (exact) mass is 698 g/mol. The molecule has 1 rings (SSSR count). The molecular weight excluding hydrogens is 648 g/mol. The molecule has 16 heteroatoms. The Morgan fingerprint density at radius 2 is 1.67 bits per heavy atom. The van der Waals surface area contributed by atoms with Gasteiger partial charge in [0.25, 0.3) is 0 Å². The van der Waals surface area contributed by atoms with E-state index in [0.29, 0.717) is 11.1 Å². The molecule has 1 aliphatic carbocycles. The highest BCUT2D eigenvalue weighted by Crippen LogP contribution is 2.39. The summed E-state index contributed by atoms with van der Waals surface area (Å²) < 4.78 is 31.1. The van der Waals surface area contributed by atoms with Crippen molar-refractivity contribution in [3.8, 4) is 0 Å². The number of carbonyl (C=O) groups is 5. The average molecular weight is 699 g/mol. The summed E-state index contributed by atoms with van der Waals surface area (Å²) in [6.45, 7) is 5.68. The molecule has 276 valence electrons. The maximum absolute atomic E-state index is 13.4. The van der Waals surface area contributed by atoms with Crippen LogP contribution in [0.5, 0.6) is 0 Å². The third kappa shape index (κ3) is 11.0. The molecule has 0 radical (unpaired) electrons. The Morgan fingerprint density at radius 1 is 1.04 bits per heavy atom. The van der Waals surface area contributed by atoms with Crippen LogP contribution in [0.4, 0.5) is 4.79 Å². The molecule has 0 spiro atoms. The van der Waals surface area contributed by atoms with Crippen molar-refractivity contribution in [2.24, 2.45) is 17.6 Å². The van der Waals surface area contributed by atoms with Crippen LogP contribution in [0.2, 0.25) is 0 Å². The molecule has 0 aromatic carbocycles. The molecule has 0 bridgehead atoms. The molecule has 2 amide bonds. The summed E-state index contributed by atoms with van der Waals surface area (Å²) in [4.78, 5) is 61.4. The van der Waals surface area contributed by atoms with Crippen molar-refractivity contribution in [2.75, 3.05) is 42.2 Å². The van der Waals surface area contributed by atoms with E-state index >= 15 is 0 Å². The van der Waals surface area contributed by atoms with Crippen LogP contribution in [0.1, 0.15) is 40.5 Å². The summed E-state index contributed by atoms with van der Waals surface area (Å²) in [6.07, 6.45) is 1.62. The minimum absolute atomic E-state index is 0.0527. The highest BCUT2D eigenvalue weighted by molar-refractivity contribution is 6.11. The Morgan fingerprint density at radius 3 is 2.16 bits per heavy atom. The fraction of sp³-hybridized carbons (Fsp3) is 0.606. The van der Waals surface area contributed by atoms with Crippen molar-refractivity contribution in [3.63, 3.8) is 0 Å². The number of rotatable bonds is 19. The predicted octanol–water partition coefficient (Wildman–Crippen LogP) is 0.380. The number of carbonyl (C=O) groups excluding carboxylic acids is 5. The second-order valence-electron chi connectivity index (χ2n) is 11.7. The fourth-order valence-corrected chi connectivity index (χ4v) is 5.59. The summed E-state index contributed by atoms with van der Waals surface area (Å²) in [6, 6.07) is -1.80. The van der Waals surface area contributed by atoms with E-state index in [1.165, 1.54) is 27.4 Å². The van der Waals surface area contributed by atoms with Gasteiger partial charge in [0.2, 0.25) is 11.5 Å². The lowest BCUT2D eigenvalue weighted by molar-refractivity contribution is -0.165. The highest BCUT2D eigenvalue weighted by Gasteiger charge is 2.61. The number of esters is 2. The molecule has 0 aromatic rings. The van der Waals surface area contributed by atoms with Crippen molar-refractivity contribution >= 4 is 29.7 Å². The van der Waals surface area contributed by atoms with Crippen LogP contribution in [0.15, 0.2) is 46.8 Å². The van der Waals surface area contributed by atoms with Crippen molar-refractivity contribution in [2.45, 2.75) is 76.6 Å². The van der Waals surface area contributed by atoms with Gasteiger partial charge in [-0.15, -0.1) is 0 Å². The number of nitrogens with two attached hydrogens (primary N) is 1. The van der Waals surface area contributed by atoms with Gasteiger partial charge in [-0.2, -0.15) is 0 Å². The number of hydrogen-bond donors (Lipinski definition) is 5. The van der Waals surface area contributed by atoms with E-state index in [0.717, 1.165) is 14.2 Å². The first-order chi connectivity index (χ1) is 23.0. The van der Waals surface area contributed by atoms with Gasteiger partial charge in [-0.25, -0.2) is 14.4 Å². The molecule has 0 heterocycles. The third-order valence-electron chi connectivity index (χ3n) is 8.10. The largest absolute Gasteiger partial charge is 0.497 e. The van der Waals surface area contributed by atoms with Gasteiger partial charge in [-0.05, 0) is 38.2 Å². The second kappa shape index (κ2) is 19.8. The smallest absolute Gasteiger partial charge is 0.405 e. The van der Waals surface area contributed by atoms with Crippen LogP contribution in [0, 0.1) is 11.8 Å². The Bertz CT molecular complexity index is 1320. The number of allylic oxidation sites excluding steroid dienone is 2. The van der Waals surface area contributed by atoms with Crippen molar-refractivity contribution in [3.05, 3.63) is 46.8 Å². The zero-order valence-corrected chi connectivity index (χ0v) is 29.4. The minimum atomic E-state index is -2.67. The number of aliphatic hydroxyl groups is 3. The molecule has 0 saturated carbocycles. The first kappa shape index (κ1) is 42.9. The van der Waals surface area contributed by atoms with Crippen LogP contribution >= 0.6 is 0 Å². The number of hydrogen-bond acceptors (Lipinski definition) is 14. The van der Waals surface area contributed by atoms with Crippen molar-refractivity contribution in [1.82, 2.24) is 5.32 Å². The number of nitrogens with one attached hydrogen (secondary N) is 1. The Kier molecular flexibility index (Phi) is 17.3. The lowest BCUT2D eigenvalue weighted by Crippen LogP contribution is -2.59. The van der Waals surface area contributed by atoms with Gasteiger partial charge in [-0.1, -0.05) is 38.2 Å². The molecule has 0 unspecified atom stereocenters. The molecule has 16 nitrogen and oxygen atoms in total. The van der Waals surface area contributed by atoms with Gasteiger partial charge in [0.05, 0.1) is 33.5 Å². The number of Topliss-reactive ketones (excluding diaryl/α,β-unsaturated/α-hetero) is 1. The van der Waals surface area contributed by atoms with E-state index in [2.05, 4.69) is 10.1 Å². The summed E-state index contributed by atoms with van der Waals surface area (Å²) >= 11 is 0. The molecule has 49 heavy (non-hydrogen) atoms. The average Bonchev–Trinajstić information content (AvgIpc) is 3.27. The number of amides is 2. The van der Waals surface area contributed by atoms with Gasteiger partial charge < -0.3 is 54.8 Å². The number of primary amides is 1. The van der Waals surface area contributed by atoms with E-state index < -0.39 is 90.0 Å². The van der Waals surface area contributed by atoms with Gasteiger partial charge in [0, 0.05) is 31.3 Å². The van der Waals surface area contributed by atoms with E-state index in [-0.39, 0.29) is 18.4 Å². The molecule has 0 fully saturated rings. The molecule has 0 aliphatic heterocycles. The molecule has 0 saturated heterocycles. The maximum atomic E-state index is 13.4. The van der Waals surface area contributed by atoms with Crippen molar-refractivity contribution < 1.29 is 67.7 Å². The summed E-state index contributed by atoms with van der Waals surface area (Å²) in [5.74, 6) is -4.98. The normalized spacial score (nSPS) is 22.2. The van der Waals surface area contributed by atoms with Crippen LogP contribution in [0.3, 0.4) is 0 Å². The van der Waals surface area contributed by atoms with E-state index in [4.69, 9.17) is 29.4 Å². The Hall–Kier alpha value is -4.09. The van der Waals surface area contributed by atoms with Crippen molar-refractivity contribution in [1.29, 1.82) is 0 Å². The first-order valence-electron chi connectivity index (χ1n) is 15.3. The van der Waals surface area contributed by atoms with Crippen LogP contribution in [-0.4, -0.2) is 123 Å². The lowest BCUT2D eigenvalue weighted by Gasteiger charge is -2.29. The topological polar surface area (TPSA) is 239 Å². The zero-order chi connectivity index (χ0) is 37.6. The standard InChI is InChI=1S/C33H50N2O14/c1-17(13-21-26(39)28(35-24(37)16-36)33(43,29(21)46-7)31(41)48-9)14-23(45-6)25(38)19(3)15-20(4)27(49-32(34)42)22(44-5)12-10-11-18(2)30(40)47-8/h10-12,15,17,19,22-23,25,27-28,36,38,43H,13-14,16H2,1-9H3,(H2,34,42)(H,35,37)/b12-10-,18-11+,20-15+/t17-,19+,22+,23+,25-,27+,28-,33+/m1/s1. The van der Waals surface area contributed by atoms with Gasteiger partial charge in [-0.3, -0.25) is 9.59 Å². The summed E-state index contributed by atoms with van der Waals surface area (Å²) in [5.41, 5.74) is 3.39. The SMILES string of the molecule is COC(=O)/C(C)=C/C=C\[C@H](OC)[C@@H](OC(N)=O)/C(C)=C/[C@H](C)[C@@H](O)[C@H](C[C@H](C)CC1=C(OC)[C@](O)(C(=O)OC)[C@H](NC(=O)CO)C1=O)OC. The number of ketones is 1. The molecule has 8 atom stereocenters. The summed E-state index contributed by atoms with van der Waals surface area (Å²) in [5, 5.41) is 33.9. The van der Waals surface area contributed by atoms with Gasteiger partial charge in [0.1, 0.15) is 24.5 Å². The van der Waals surface area contributed by atoms with Crippen LogP contribution in [0.25, 0.3) is 0 Å². The van der Waals surface area contributed by atoms with Gasteiger partial charge in [0.15, 0.2) is 11.9 Å². The Labute approximate surface area is 285 Å². The Balaban J connectivity index is 3.28. The number of methoxy groups -OCH3 is 5. The zero-order valence-electron chi connectivity index (χ0n) is 29.4. The third-order valence-corrected chi connectivity index (χ3v) is 8.10. The maximum Gasteiger partial charge on any atom is 0.405 e. The van der Waals surface area contributed by atoms with Gasteiger partial charge >= 0.3 is 18.0 Å². The lowest BCUT2D eigenvalue weighted by atomic mass is 9.88. The molecular formula is C33H50N2O14. The van der Waals surface area contributed by atoms with E-state index in [1.807, 2.05) is 0 Å². The first-order valence-corrected chi connectivity index (χ1v) is 15.3. The van der Waals surface area contributed by atoms with E-state index in [9.17, 15) is 39.3 Å². The number of aliphatic hydroxyl groups excluding tert-OH is 2. The van der Waals surface area contributed by atoms with E-state index in [1.54, 1.807) is 45.9 Å². The highest BCUT2D eigenvalue weighted by atomic mass is 16.6. The quantitative estimate of drug-likeness (QED) is 0.0403. The minimum Gasteiger partial charge on any atom is -0.497 e.